The van der Waals surface area contributed by atoms with Gasteiger partial charge in [-0.2, -0.15) is 0 Å². The minimum absolute atomic E-state index is 0.106. The van der Waals surface area contributed by atoms with E-state index < -0.39 is 0 Å². The van der Waals surface area contributed by atoms with Crippen LogP contribution in [0, 0.1) is 0 Å². The summed E-state index contributed by atoms with van der Waals surface area (Å²) in [7, 11) is 1.54. The van der Waals surface area contributed by atoms with Crippen molar-refractivity contribution in [2.75, 3.05) is 13.7 Å². The van der Waals surface area contributed by atoms with Crippen molar-refractivity contribution in [3.05, 3.63) is 12.0 Å². The number of nitrogens with zero attached hydrogens (tertiary/aromatic N) is 1. The number of carbonyl (C=O) groups is 1. The fourth-order valence-electron chi connectivity index (χ4n) is 1.21. The molecule has 0 fully saturated rings. The van der Waals surface area contributed by atoms with Crippen molar-refractivity contribution in [1.82, 2.24) is 4.90 Å². The fourth-order valence-corrected chi connectivity index (χ4v) is 1.21. The van der Waals surface area contributed by atoms with Gasteiger partial charge in [-0.15, -0.1) is 0 Å². The van der Waals surface area contributed by atoms with Gasteiger partial charge in [-0.1, -0.05) is 0 Å². The van der Waals surface area contributed by atoms with Crippen LogP contribution in [0.15, 0.2) is 12.0 Å². The van der Waals surface area contributed by atoms with E-state index in [9.17, 15) is 4.79 Å². The predicted octanol–water partition coefficient (Wildman–Crippen LogP) is 1.16. The summed E-state index contributed by atoms with van der Waals surface area (Å²) < 4.78 is 4.95. The Kier molecular flexibility index (Phi) is 2.74. The van der Waals surface area contributed by atoms with Gasteiger partial charge >= 0.3 is 0 Å². The average molecular weight is 169 g/mol. The molecule has 0 aromatic rings. The van der Waals surface area contributed by atoms with Gasteiger partial charge in [0.2, 0.25) is 5.78 Å². The van der Waals surface area contributed by atoms with Crippen molar-refractivity contribution in [3.8, 4) is 0 Å². The quantitative estimate of drug-likeness (QED) is 0.621. The summed E-state index contributed by atoms with van der Waals surface area (Å²) in [5.74, 6) is 0.587. The van der Waals surface area contributed by atoms with Gasteiger partial charge in [-0.05, 0) is 13.8 Å². The molecule has 3 heteroatoms. The Morgan fingerprint density at radius 1 is 1.58 bits per heavy atom. The normalized spacial score (nSPS) is 18.2. The SMILES string of the molecule is COC1=CN(C(C)C)CCC1=O. The second-order valence-corrected chi connectivity index (χ2v) is 3.20. The zero-order chi connectivity index (χ0) is 9.14. The maximum Gasteiger partial charge on any atom is 0.200 e. The lowest BCUT2D eigenvalue weighted by molar-refractivity contribution is -0.119. The molecule has 3 nitrogen and oxygen atoms in total. The molecule has 0 saturated carbocycles. The van der Waals surface area contributed by atoms with Crippen molar-refractivity contribution in [2.24, 2.45) is 0 Å². The molecule has 0 amide bonds. The zero-order valence-corrected chi connectivity index (χ0v) is 7.83. The van der Waals surface area contributed by atoms with Crippen LogP contribution in [-0.2, 0) is 9.53 Å². The molecule has 0 aliphatic carbocycles. The highest BCUT2D eigenvalue weighted by Crippen LogP contribution is 2.13. The first kappa shape index (κ1) is 9.10. The summed E-state index contributed by atoms with van der Waals surface area (Å²) in [6.45, 7) is 5.00. The molecule has 68 valence electrons. The lowest BCUT2D eigenvalue weighted by Crippen LogP contribution is -2.33. The summed E-state index contributed by atoms with van der Waals surface area (Å²) >= 11 is 0. The number of carbonyl (C=O) groups excluding carboxylic acids is 1. The van der Waals surface area contributed by atoms with E-state index in [0.717, 1.165) is 6.54 Å². The Morgan fingerprint density at radius 3 is 2.75 bits per heavy atom. The minimum atomic E-state index is 0.106. The molecular weight excluding hydrogens is 154 g/mol. The maximum absolute atomic E-state index is 11.2. The summed E-state index contributed by atoms with van der Waals surface area (Å²) in [4.78, 5) is 13.3. The third kappa shape index (κ3) is 1.78. The smallest absolute Gasteiger partial charge is 0.200 e. The van der Waals surface area contributed by atoms with Gasteiger partial charge in [0.1, 0.15) is 0 Å². The van der Waals surface area contributed by atoms with Crippen LogP contribution in [0.4, 0.5) is 0 Å². The van der Waals surface area contributed by atoms with Crippen LogP contribution in [0.25, 0.3) is 0 Å². The molecule has 0 saturated heterocycles. The Labute approximate surface area is 73.0 Å². The van der Waals surface area contributed by atoms with Crippen molar-refractivity contribution in [2.45, 2.75) is 26.3 Å². The molecule has 1 aliphatic heterocycles. The van der Waals surface area contributed by atoms with Crippen LogP contribution in [0.5, 0.6) is 0 Å². The minimum Gasteiger partial charge on any atom is -0.492 e. The number of ketones is 1. The maximum atomic E-state index is 11.2. The van der Waals surface area contributed by atoms with E-state index in [2.05, 4.69) is 18.7 Å². The summed E-state index contributed by atoms with van der Waals surface area (Å²) in [5.41, 5.74) is 0. The van der Waals surface area contributed by atoms with Gasteiger partial charge < -0.3 is 9.64 Å². The van der Waals surface area contributed by atoms with Crippen LogP contribution in [0.3, 0.4) is 0 Å². The number of hydrogen-bond donors (Lipinski definition) is 0. The first-order valence-electron chi connectivity index (χ1n) is 4.20. The molecule has 0 unspecified atom stereocenters. The first-order valence-corrected chi connectivity index (χ1v) is 4.20. The highest BCUT2D eigenvalue weighted by Gasteiger charge is 2.19. The lowest BCUT2D eigenvalue weighted by atomic mass is 10.1. The van der Waals surface area contributed by atoms with Gasteiger partial charge in [-0.3, -0.25) is 4.79 Å². The van der Waals surface area contributed by atoms with Gasteiger partial charge in [0.05, 0.1) is 7.11 Å². The molecule has 0 aromatic carbocycles. The van der Waals surface area contributed by atoms with Gasteiger partial charge in [0, 0.05) is 25.2 Å². The fraction of sp³-hybridized carbons (Fsp3) is 0.667. The number of allylic oxidation sites excluding steroid dienone is 1. The molecule has 0 radical (unpaired) electrons. The number of rotatable bonds is 2. The molecule has 12 heavy (non-hydrogen) atoms. The van der Waals surface area contributed by atoms with Crippen LogP contribution in [0.1, 0.15) is 20.3 Å². The number of ether oxygens (including phenoxy) is 1. The standard InChI is InChI=1S/C9H15NO2/c1-7(2)10-5-4-8(11)9(6-10)12-3/h6-7H,4-5H2,1-3H3. The van der Waals surface area contributed by atoms with Gasteiger partial charge in [-0.25, -0.2) is 0 Å². The molecule has 0 N–H and O–H groups in total. The predicted molar refractivity (Wildman–Crippen MR) is 46.6 cm³/mol. The summed E-state index contributed by atoms with van der Waals surface area (Å²) in [6.07, 6.45) is 2.37. The van der Waals surface area contributed by atoms with E-state index >= 15 is 0 Å². The molecular formula is C9H15NO2. The van der Waals surface area contributed by atoms with Crippen LogP contribution in [0.2, 0.25) is 0 Å². The Bertz CT molecular complexity index is 209. The van der Waals surface area contributed by atoms with E-state index in [4.69, 9.17) is 4.74 Å². The molecule has 1 heterocycles. The van der Waals surface area contributed by atoms with Crippen molar-refractivity contribution < 1.29 is 9.53 Å². The third-order valence-corrected chi connectivity index (χ3v) is 2.04. The molecule has 0 bridgehead atoms. The highest BCUT2D eigenvalue weighted by atomic mass is 16.5. The van der Waals surface area contributed by atoms with E-state index in [0.29, 0.717) is 18.2 Å². The van der Waals surface area contributed by atoms with Crippen LogP contribution >= 0.6 is 0 Å². The Balaban J connectivity index is 2.73. The van der Waals surface area contributed by atoms with E-state index in [1.165, 1.54) is 7.11 Å². The Hall–Kier alpha value is -0.990. The second kappa shape index (κ2) is 3.61. The number of Topliss-reactive ketones (excluding diaryl/α,β-unsaturated/α-hetero) is 1. The average Bonchev–Trinajstić information content (AvgIpc) is 2.05. The summed E-state index contributed by atoms with van der Waals surface area (Å²) in [5, 5.41) is 0. The number of methoxy groups -OCH3 is 1. The van der Waals surface area contributed by atoms with Crippen molar-refractivity contribution in [1.29, 1.82) is 0 Å². The molecule has 0 aromatic heterocycles. The lowest BCUT2D eigenvalue weighted by Gasteiger charge is -2.28. The van der Waals surface area contributed by atoms with Crippen LogP contribution < -0.4 is 0 Å². The monoisotopic (exact) mass is 169 g/mol. The molecule has 0 atom stereocenters. The van der Waals surface area contributed by atoms with E-state index in [1.807, 2.05) is 0 Å². The zero-order valence-electron chi connectivity index (χ0n) is 7.83. The Morgan fingerprint density at radius 2 is 2.25 bits per heavy atom. The largest absolute Gasteiger partial charge is 0.492 e. The third-order valence-electron chi connectivity index (χ3n) is 2.04. The molecule has 0 spiro atoms. The van der Waals surface area contributed by atoms with Crippen LogP contribution in [-0.4, -0.2) is 30.4 Å². The van der Waals surface area contributed by atoms with Crippen molar-refractivity contribution >= 4 is 5.78 Å². The first-order chi connectivity index (χ1) is 5.65. The van der Waals surface area contributed by atoms with E-state index in [1.54, 1.807) is 6.20 Å². The van der Waals surface area contributed by atoms with E-state index in [-0.39, 0.29) is 5.78 Å². The van der Waals surface area contributed by atoms with Gasteiger partial charge in [0.15, 0.2) is 5.76 Å². The topological polar surface area (TPSA) is 29.5 Å². The molecule has 1 aliphatic rings. The van der Waals surface area contributed by atoms with Crippen molar-refractivity contribution in [3.63, 3.8) is 0 Å². The second-order valence-electron chi connectivity index (χ2n) is 3.20. The summed E-state index contributed by atoms with van der Waals surface area (Å²) in [6, 6.07) is 0.434. The highest BCUT2D eigenvalue weighted by molar-refractivity contribution is 5.94. The number of hydrogen-bond acceptors (Lipinski definition) is 3. The van der Waals surface area contributed by atoms with Gasteiger partial charge in [0.25, 0.3) is 0 Å². The molecule has 1 rings (SSSR count).